The molecule has 1 saturated heterocycles. The summed E-state index contributed by atoms with van der Waals surface area (Å²) in [7, 11) is 0. The van der Waals surface area contributed by atoms with E-state index in [4.69, 9.17) is 0 Å². The van der Waals surface area contributed by atoms with Gasteiger partial charge in [0, 0.05) is 31.0 Å². The van der Waals surface area contributed by atoms with Crippen molar-refractivity contribution in [2.75, 3.05) is 38.1 Å². The van der Waals surface area contributed by atoms with Gasteiger partial charge in [0.1, 0.15) is 0 Å². The molecule has 0 unspecified atom stereocenters. The zero-order valence-corrected chi connectivity index (χ0v) is 12.6. The molecule has 100 valence electrons. The van der Waals surface area contributed by atoms with Crippen LogP contribution in [0.4, 0.5) is 0 Å². The monoisotopic (exact) mass is 302 g/mol. The van der Waals surface area contributed by atoms with Crippen LogP contribution in [0.1, 0.15) is 44.9 Å². The van der Waals surface area contributed by atoms with Crippen LogP contribution in [0.15, 0.2) is 0 Å². The molecule has 0 aromatic carbocycles. The number of nitrogens with zero attached hydrogens (tertiary/aromatic N) is 2. The lowest BCUT2D eigenvalue weighted by Crippen LogP contribution is -2.42. The minimum atomic E-state index is 0.879. The zero-order valence-electron chi connectivity index (χ0n) is 11.0. The van der Waals surface area contributed by atoms with Crippen LogP contribution in [-0.2, 0) is 0 Å². The standard InChI is InChI=1S/C14H27BrN2/c15-8-11-17(14-6-2-1-3-7-14)13-12-16-9-4-5-10-16/h14H,1-13H2. The third-order valence-electron chi connectivity index (χ3n) is 4.36. The van der Waals surface area contributed by atoms with Crippen molar-refractivity contribution in [2.24, 2.45) is 0 Å². The molecule has 2 aliphatic rings. The van der Waals surface area contributed by atoms with Crippen LogP contribution in [0.3, 0.4) is 0 Å². The van der Waals surface area contributed by atoms with Crippen LogP contribution in [0.25, 0.3) is 0 Å². The Balaban J connectivity index is 1.74. The summed E-state index contributed by atoms with van der Waals surface area (Å²) in [5, 5.41) is 1.13. The number of likely N-dealkylation sites (tertiary alicyclic amines) is 1. The Morgan fingerprint density at radius 1 is 0.941 bits per heavy atom. The van der Waals surface area contributed by atoms with Gasteiger partial charge in [0.25, 0.3) is 0 Å². The second-order valence-electron chi connectivity index (χ2n) is 5.57. The summed E-state index contributed by atoms with van der Waals surface area (Å²) in [5.74, 6) is 0. The number of hydrogen-bond donors (Lipinski definition) is 0. The Morgan fingerprint density at radius 2 is 1.65 bits per heavy atom. The third kappa shape index (κ3) is 4.53. The molecule has 0 spiro atoms. The first-order valence-electron chi connectivity index (χ1n) is 7.42. The van der Waals surface area contributed by atoms with Crippen LogP contribution in [0.5, 0.6) is 0 Å². The van der Waals surface area contributed by atoms with Crippen LogP contribution in [0.2, 0.25) is 0 Å². The topological polar surface area (TPSA) is 6.48 Å². The Hall–Kier alpha value is 0.400. The van der Waals surface area contributed by atoms with E-state index < -0.39 is 0 Å². The maximum atomic E-state index is 3.61. The molecule has 2 nitrogen and oxygen atoms in total. The molecular formula is C14H27BrN2. The van der Waals surface area contributed by atoms with Crippen molar-refractivity contribution in [1.82, 2.24) is 9.80 Å². The predicted octanol–water partition coefficient (Wildman–Crippen LogP) is 3.11. The fourth-order valence-electron chi connectivity index (χ4n) is 3.31. The second-order valence-corrected chi connectivity index (χ2v) is 6.36. The van der Waals surface area contributed by atoms with Crippen LogP contribution in [-0.4, -0.2) is 53.9 Å². The molecule has 0 N–H and O–H groups in total. The van der Waals surface area contributed by atoms with Crippen molar-refractivity contribution in [1.29, 1.82) is 0 Å². The molecule has 0 aromatic heterocycles. The quantitative estimate of drug-likeness (QED) is 0.696. The first-order chi connectivity index (χ1) is 8.40. The highest BCUT2D eigenvalue weighted by molar-refractivity contribution is 9.09. The minimum Gasteiger partial charge on any atom is -0.302 e. The van der Waals surface area contributed by atoms with Gasteiger partial charge >= 0.3 is 0 Å². The van der Waals surface area contributed by atoms with E-state index in [2.05, 4.69) is 25.7 Å². The molecular weight excluding hydrogens is 276 g/mol. The Bertz CT molecular complexity index is 198. The van der Waals surface area contributed by atoms with Gasteiger partial charge in [0.2, 0.25) is 0 Å². The number of rotatable bonds is 6. The van der Waals surface area contributed by atoms with Crippen LogP contribution >= 0.6 is 15.9 Å². The summed E-state index contributed by atoms with van der Waals surface area (Å²) in [5.41, 5.74) is 0. The first-order valence-corrected chi connectivity index (χ1v) is 8.54. The van der Waals surface area contributed by atoms with E-state index in [1.165, 1.54) is 77.7 Å². The van der Waals surface area contributed by atoms with E-state index in [9.17, 15) is 0 Å². The van der Waals surface area contributed by atoms with Crippen LogP contribution < -0.4 is 0 Å². The first kappa shape index (κ1) is 13.8. The zero-order chi connectivity index (χ0) is 11.9. The maximum absolute atomic E-state index is 3.61. The van der Waals surface area contributed by atoms with E-state index >= 15 is 0 Å². The normalized spacial score (nSPS) is 23.6. The van der Waals surface area contributed by atoms with Gasteiger partial charge < -0.3 is 4.90 Å². The fourth-order valence-corrected chi connectivity index (χ4v) is 3.76. The van der Waals surface area contributed by atoms with Gasteiger partial charge in [0.05, 0.1) is 0 Å². The number of hydrogen-bond acceptors (Lipinski definition) is 2. The SMILES string of the molecule is BrCCN(CCN1CCCC1)C1CCCCC1. The van der Waals surface area contributed by atoms with Crippen molar-refractivity contribution < 1.29 is 0 Å². The summed E-state index contributed by atoms with van der Waals surface area (Å²) in [4.78, 5) is 5.39. The maximum Gasteiger partial charge on any atom is 0.0159 e. The average molecular weight is 303 g/mol. The van der Waals surface area contributed by atoms with Crippen molar-refractivity contribution in [3.05, 3.63) is 0 Å². The smallest absolute Gasteiger partial charge is 0.0159 e. The second kappa shape index (κ2) is 7.75. The molecule has 2 rings (SSSR count). The van der Waals surface area contributed by atoms with Crippen molar-refractivity contribution in [3.63, 3.8) is 0 Å². The molecule has 0 aromatic rings. The summed E-state index contributed by atoms with van der Waals surface area (Å²) in [6.07, 6.45) is 10.1. The Kier molecular flexibility index (Phi) is 6.30. The van der Waals surface area contributed by atoms with Crippen LogP contribution in [0, 0.1) is 0 Å². The van der Waals surface area contributed by atoms with Gasteiger partial charge in [-0.2, -0.15) is 0 Å². The minimum absolute atomic E-state index is 0.879. The Labute approximate surface area is 115 Å². The van der Waals surface area contributed by atoms with Crippen molar-refractivity contribution in [2.45, 2.75) is 51.0 Å². The fraction of sp³-hybridized carbons (Fsp3) is 1.00. The van der Waals surface area contributed by atoms with Crippen molar-refractivity contribution >= 4 is 15.9 Å². The van der Waals surface area contributed by atoms with Gasteiger partial charge in [0.15, 0.2) is 0 Å². The molecule has 0 amide bonds. The summed E-state index contributed by atoms with van der Waals surface area (Å²) in [6, 6.07) is 0.879. The molecule has 1 saturated carbocycles. The highest BCUT2D eigenvalue weighted by atomic mass is 79.9. The predicted molar refractivity (Wildman–Crippen MR) is 77.9 cm³/mol. The lowest BCUT2D eigenvalue weighted by molar-refractivity contribution is 0.147. The highest BCUT2D eigenvalue weighted by Gasteiger charge is 2.21. The summed E-state index contributed by atoms with van der Waals surface area (Å²) >= 11 is 3.61. The highest BCUT2D eigenvalue weighted by Crippen LogP contribution is 2.22. The molecule has 1 heterocycles. The van der Waals surface area contributed by atoms with Gasteiger partial charge in [-0.1, -0.05) is 35.2 Å². The average Bonchev–Trinajstić information content (AvgIpc) is 2.88. The molecule has 0 bridgehead atoms. The van der Waals surface area contributed by atoms with E-state index in [0.717, 1.165) is 11.4 Å². The molecule has 1 aliphatic carbocycles. The Morgan fingerprint density at radius 3 is 2.29 bits per heavy atom. The molecule has 1 aliphatic heterocycles. The largest absolute Gasteiger partial charge is 0.302 e. The summed E-state index contributed by atoms with van der Waals surface area (Å²) < 4.78 is 0. The van der Waals surface area contributed by atoms with Gasteiger partial charge in [-0.15, -0.1) is 0 Å². The number of halogens is 1. The molecule has 17 heavy (non-hydrogen) atoms. The van der Waals surface area contributed by atoms with E-state index in [1.807, 2.05) is 0 Å². The van der Waals surface area contributed by atoms with E-state index in [0.29, 0.717) is 0 Å². The van der Waals surface area contributed by atoms with Crippen molar-refractivity contribution in [3.8, 4) is 0 Å². The molecule has 2 fully saturated rings. The van der Waals surface area contributed by atoms with E-state index in [-0.39, 0.29) is 0 Å². The van der Waals surface area contributed by atoms with Gasteiger partial charge in [-0.05, 0) is 38.8 Å². The third-order valence-corrected chi connectivity index (χ3v) is 4.72. The van der Waals surface area contributed by atoms with E-state index in [1.54, 1.807) is 0 Å². The van der Waals surface area contributed by atoms with Gasteiger partial charge in [-0.25, -0.2) is 0 Å². The summed E-state index contributed by atoms with van der Waals surface area (Å²) in [6.45, 7) is 6.50. The lowest BCUT2D eigenvalue weighted by atomic mass is 9.94. The van der Waals surface area contributed by atoms with Gasteiger partial charge in [-0.3, -0.25) is 4.90 Å². The lowest BCUT2D eigenvalue weighted by Gasteiger charge is -2.35. The number of alkyl halides is 1. The molecule has 0 radical (unpaired) electrons. The molecule has 0 atom stereocenters. The molecule has 3 heteroatoms.